The van der Waals surface area contributed by atoms with Gasteiger partial charge in [0.05, 0.1) is 0 Å². The molecule has 1 rings (SSSR count). The van der Waals surface area contributed by atoms with Crippen LogP contribution in [0.15, 0.2) is 35.9 Å². The lowest BCUT2D eigenvalue weighted by Gasteiger charge is -2.03. The second kappa shape index (κ2) is 4.28. The van der Waals surface area contributed by atoms with Crippen molar-refractivity contribution in [3.8, 4) is 0 Å². The first kappa shape index (κ1) is 10.8. The Kier molecular flexibility index (Phi) is 3.07. The normalized spacial score (nSPS) is 9.33. The van der Waals surface area contributed by atoms with Crippen molar-refractivity contribution >= 4 is 17.6 Å². The van der Waals surface area contributed by atoms with Gasteiger partial charge < -0.3 is 16.6 Å². The highest BCUT2D eigenvalue weighted by Gasteiger charge is 2.18. The standard InChI is InChI=1S/C10H10N2O3/c11-9(14)7(10(12)15)8(13)6-4-2-1-3-5-6/h1-5,13H,(H2,11,14)(H2,12,15). The predicted octanol–water partition coefficient (Wildman–Crippen LogP) is -0.0737. The Balaban J connectivity index is 3.29. The number of nitrogens with two attached hydrogens (primary N) is 2. The SMILES string of the molecule is NC(=O)C(C(N)=O)=C(O)c1ccccc1. The van der Waals surface area contributed by atoms with Crippen molar-refractivity contribution in [1.29, 1.82) is 0 Å². The Hall–Kier alpha value is -2.30. The molecule has 0 radical (unpaired) electrons. The van der Waals surface area contributed by atoms with Gasteiger partial charge in [-0.2, -0.15) is 0 Å². The minimum atomic E-state index is -1.05. The van der Waals surface area contributed by atoms with E-state index in [0.717, 1.165) is 0 Å². The van der Waals surface area contributed by atoms with Gasteiger partial charge in [-0.1, -0.05) is 30.3 Å². The fourth-order valence-corrected chi connectivity index (χ4v) is 1.10. The molecule has 0 spiro atoms. The van der Waals surface area contributed by atoms with Crippen LogP contribution in [-0.2, 0) is 9.59 Å². The molecule has 0 heterocycles. The zero-order valence-electron chi connectivity index (χ0n) is 7.81. The van der Waals surface area contributed by atoms with Crippen LogP contribution in [0, 0.1) is 0 Å². The van der Waals surface area contributed by atoms with Crippen molar-refractivity contribution in [2.45, 2.75) is 0 Å². The molecule has 15 heavy (non-hydrogen) atoms. The van der Waals surface area contributed by atoms with E-state index in [4.69, 9.17) is 11.5 Å². The Bertz CT molecular complexity index is 408. The summed E-state index contributed by atoms with van der Waals surface area (Å²) in [5, 5.41) is 9.60. The molecule has 0 fully saturated rings. The van der Waals surface area contributed by atoms with Gasteiger partial charge in [0.15, 0.2) is 0 Å². The zero-order chi connectivity index (χ0) is 11.4. The van der Waals surface area contributed by atoms with Crippen LogP contribution in [-0.4, -0.2) is 16.9 Å². The van der Waals surface area contributed by atoms with Gasteiger partial charge in [-0.05, 0) is 0 Å². The third-order valence-corrected chi connectivity index (χ3v) is 1.78. The highest BCUT2D eigenvalue weighted by Crippen LogP contribution is 2.14. The molecule has 5 heteroatoms. The van der Waals surface area contributed by atoms with Crippen LogP contribution >= 0.6 is 0 Å². The molecular formula is C10H10N2O3. The highest BCUT2D eigenvalue weighted by atomic mass is 16.3. The summed E-state index contributed by atoms with van der Waals surface area (Å²) in [7, 11) is 0. The number of aliphatic hydroxyl groups excluding tert-OH is 1. The van der Waals surface area contributed by atoms with E-state index in [0.29, 0.717) is 5.56 Å². The first-order valence-corrected chi connectivity index (χ1v) is 4.12. The molecule has 2 amide bonds. The van der Waals surface area contributed by atoms with Crippen molar-refractivity contribution in [1.82, 2.24) is 0 Å². The van der Waals surface area contributed by atoms with E-state index in [9.17, 15) is 14.7 Å². The summed E-state index contributed by atoms with van der Waals surface area (Å²) in [6.45, 7) is 0. The second-order valence-corrected chi connectivity index (χ2v) is 2.82. The molecule has 5 nitrogen and oxygen atoms in total. The van der Waals surface area contributed by atoms with Crippen LogP contribution in [0.4, 0.5) is 0 Å². The van der Waals surface area contributed by atoms with Crippen LogP contribution in [0.2, 0.25) is 0 Å². The smallest absolute Gasteiger partial charge is 0.258 e. The number of carbonyl (C=O) groups excluding carboxylic acids is 2. The molecule has 1 aromatic rings. The number of benzene rings is 1. The molecule has 0 aliphatic heterocycles. The first-order chi connectivity index (χ1) is 7.04. The summed E-state index contributed by atoms with van der Waals surface area (Å²) in [4.78, 5) is 21.7. The summed E-state index contributed by atoms with van der Waals surface area (Å²) < 4.78 is 0. The van der Waals surface area contributed by atoms with Gasteiger partial charge in [-0.3, -0.25) is 9.59 Å². The molecule has 78 valence electrons. The van der Waals surface area contributed by atoms with Gasteiger partial charge in [0, 0.05) is 5.56 Å². The van der Waals surface area contributed by atoms with E-state index in [1.54, 1.807) is 18.2 Å². The summed E-state index contributed by atoms with van der Waals surface area (Å²) in [6, 6.07) is 8.07. The Morgan fingerprint density at radius 1 is 1.00 bits per heavy atom. The maximum Gasteiger partial charge on any atom is 0.258 e. The molecule has 0 aromatic heterocycles. The molecule has 1 aromatic carbocycles. The van der Waals surface area contributed by atoms with Crippen molar-refractivity contribution < 1.29 is 14.7 Å². The monoisotopic (exact) mass is 206 g/mol. The van der Waals surface area contributed by atoms with Crippen molar-refractivity contribution in [3.05, 3.63) is 41.5 Å². The van der Waals surface area contributed by atoms with Crippen molar-refractivity contribution in [3.63, 3.8) is 0 Å². The van der Waals surface area contributed by atoms with Gasteiger partial charge in [0.25, 0.3) is 11.8 Å². The van der Waals surface area contributed by atoms with E-state index >= 15 is 0 Å². The van der Waals surface area contributed by atoms with Crippen LogP contribution in [0.5, 0.6) is 0 Å². The van der Waals surface area contributed by atoms with Crippen LogP contribution < -0.4 is 11.5 Å². The zero-order valence-corrected chi connectivity index (χ0v) is 7.81. The van der Waals surface area contributed by atoms with E-state index in [2.05, 4.69) is 0 Å². The fraction of sp³-hybridized carbons (Fsp3) is 0. The summed E-state index contributed by atoms with van der Waals surface area (Å²) in [6.07, 6.45) is 0. The van der Waals surface area contributed by atoms with Gasteiger partial charge in [0.2, 0.25) is 0 Å². The van der Waals surface area contributed by atoms with E-state index in [1.165, 1.54) is 12.1 Å². The number of amides is 2. The molecule has 0 saturated carbocycles. The number of rotatable bonds is 3. The van der Waals surface area contributed by atoms with Gasteiger partial charge in [-0.25, -0.2) is 0 Å². The first-order valence-electron chi connectivity index (χ1n) is 4.12. The van der Waals surface area contributed by atoms with Crippen LogP contribution in [0.1, 0.15) is 5.56 Å². The summed E-state index contributed by atoms with van der Waals surface area (Å²) >= 11 is 0. The molecular weight excluding hydrogens is 196 g/mol. The van der Waals surface area contributed by atoms with Gasteiger partial charge in [0.1, 0.15) is 11.3 Å². The van der Waals surface area contributed by atoms with E-state index < -0.39 is 23.1 Å². The minimum absolute atomic E-state index is 0.310. The van der Waals surface area contributed by atoms with E-state index in [-0.39, 0.29) is 0 Å². The van der Waals surface area contributed by atoms with Crippen molar-refractivity contribution in [2.24, 2.45) is 11.5 Å². The van der Waals surface area contributed by atoms with Gasteiger partial charge in [-0.15, -0.1) is 0 Å². The lowest BCUT2D eigenvalue weighted by atomic mass is 10.1. The minimum Gasteiger partial charge on any atom is -0.506 e. The number of primary amides is 2. The maximum absolute atomic E-state index is 10.9. The van der Waals surface area contributed by atoms with E-state index in [1.807, 2.05) is 0 Å². The average Bonchev–Trinajstić information content (AvgIpc) is 2.18. The Morgan fingerprint density at radius 3 is 1.87 bits per heavy atom. The number of hydrogen-bond donors (Lipinski definition) is 3. The molecule has 0 aliphatic carbocycles. The van der Waals surface area contributed by atoms with Gasteiger partial charge >= 0.3 is 0 Å². The molecule has 5 N–H and O–H groups in total. The topological polar surface area (TPSA) is 106 Å². The molecule has 0 unspecified atom stereocenters. The number of carbonyl (C=O) groups is 2. The summed E-state index contributed by atoms with van der Waals surface area (Å²) in [5.41, 5.74) is 9.55. The van der Waals surface area contributed by atoms with Crippen molar-refractivity contribution in [2.75, 3.05) is 0 Å². The third-order valence-electron chi connectivity index (χ3n) is 1.78. The van der Waals surface area contributed by atoms with Crippen LogP contribution in [0.3, 0.4) is 0 Å². The number of aliphatic hydroxyl groups is 1. The third kappa shape index (κ3) is 2.34. The fourth-order valence-electron chi connectivity index (χ4n) is 1.10. The average molecular weight is 206 g/mol. The molecule has 0 bridgehead atoms. The Morgan fingerprint density at radius 2 is 1.47 bits per heavy atom. The van der Waals surface area contributed by atoms with Crippen LogP contribution in [0.25, 0.3) is 5.76 Å². The maximum atomic E-state index is 10.9. The largest absolute Gasteiger partial charge is 0.506 e. The molecule has 0 atom stereocenters. The predicted molar refractivity (Wildman–Crippen MR) is 54.4 cm³/mol. The molecule has 0 saturated heterocycles. The lowest BCUT2D eigenvalue weighted by Crippen LogP contribution is -2.27. The quantitative estimate of drug-likeness (QED) is 0.279. The second-order valence-electron chi connectivity index (χ2n) is 2.82. The summed E-state index contributed by atoms with van der Waals surface area (Å²) in [5.74, 6) is -2.61. The number of hydrogen-bond acceptors (Lipinski definition) is 3. The highest BCUT2D eigenvalue weighted by molar-refractivity contribution is 6.21. The lowest BCUT2D eigenvalue weighted by molar-refractivity contribution is -0.120. The molecule has 0 aliphatic rings. The Labute approximate surface area is 86.0 Å².